The van der Waals surface area contributed by atoms with Crippen LogP contribution in [0.1, 0.15) is 51.0 Å². The number of aromatic nitrogens is 10. The second-order valence-electron chi connectivity index (χ2n) is 5.75. The lowest BCUT2D eigenvalue weighted by Crippen LogP contribution is -2.05. The summed E-state index contributed by atoms with van der Waals surface area (Å²) in [6, 6.07) is 0. The largest absolute Gasteiger partial charge is 0.271 e. The third-order valence-corrected chi connectivity index (χ3v) is 3.33. The van der Waals surface area contributed by atoms with E-state index in [1.54, 1.807) is 15.2 Å². The Hall–Kier alpha value is -3.04. The lowest BCUT2D eigenvalue weighted by Gasteiger charge is -2.04. The average Bonchev–Trinajstić information content (AvgIpc) is 3.23. The van der Waals surface area contributed by atoms with Gasteiger partial charge in [0.05, 0.1) is 11.9 Å². The van der Waals surface area contributed by atoms with E-state index in [0.717, 1.165) is 11.5 Å². The van der Waals surface area contributed by atoms with Crippen molar-refractivity contribution < 1.29 is 0 Å². The Morgan fingerprint density at radius 3 is 2.12 bits per heavy atom. The van der Waals surface area contributed by atoms with Gasteiger partial charge in [0.1, 0.15) is 24.8 Å². The average molecular weight is 326 g/mol. The number of hydrogen-bond acceptors (Lipinski definition) is 8. The van der Waals surface area contributed by atoms with Crippen molar-refractivity contribution >= 4 is 11.6 Å². The van der Waals surface area contributed by atoms with E-state index in [1.807, 2.05) is 0 Å². The Morgan fingerprint density at radius 2 is 1.42 bits per heavy atom. The Balaban J connectivity index is 0.000000141. The first-order valence-electron chi connectivity index (χ1n) is 7.60. The van der Waals surface area contributed by atoms with E-state index in [-0.39, 0.29) is 0 Å². The van der Waals surface area contributed by atoms with Gasteiger partial charge in [0.2, 0.25) is 0 Å². The van der Waals surface area contributed by atoms with Gasteiger partial charge in [-0.3, -0.25) is 0 Å². The van der Waals surface area contributed by atoms with Crippen LogP contribution in [0, 0.1) is 0 Å². The molecule has 0 aliphatic heterocycles. The fraction of sp³-hybridized carbons (Fsp3) is 0.429. The molecule has 0 radical (unpaired) electrons. The molecular formula is C14H18N10. The molecule has 4 aromatic rings. The van der Waals surface area contributed by atoms with Crippen molar-refractivity contribution in [2.24, 2.45) is 0 Å². The number of fused-ring (bicyclic) bond motifs is 2. The summed E-state index contributed by atoms with van der Waals surface area (Å²) in [6.45, 7) is 8.28. The summed E-state index contributed by atoms with van der Waals surface area (Å²) < 4.78 is 3.36. The highest BCUT2D eigenvalue weighted by Gasteiger charge is 2.07. The Kier molecular flexibility index (Phi) is 4.36. The van der Waals surface area contributed by atoms with Gasteiger partial charge in [0.25, 0.3) is 11.6 Å². The van der Waals surface area contributed by atoms with Crippen molar-refractivity contribution in [3.63, 3.8) is 0 Å². The topological polar surface area (TPSA) is 112 Å². The zero-order valence-electron chi connectivity index (χ0n) is 13.9. The zero-order valence-corrected chi connectivity index (χ0v) is 13.9. The van der Waals surface area contributed by atoms with E-state index in [0.29, 0.717) is 23.4 Å². The van der Waals surface area contributed by atoms with Crippen LogP contribution in [-0.4, -0.2) is 49.4 Å². The van der Waals surface area contributed by atoms with E-state index < -0.39 is 0 Å². The Morgan fingerprint density at radius 1 is 0.750 bits per heavy atom. The van der Waals surface area contributed by atoms with Crippen molar-refractivity contribution in [2.45, 2.75) is 39.5 Å². The molecular weight excluding hydrogens is 308 g/mol. The molecule has 0 saturated carbocycles. The van der Waals surface area contributed by atoms with Crippen LogP contribution in [0.4, 0.5) is 0 Å². The molecule has 4 aromatic heterocycles. The molecule has 4 rings (SSSR count). The lowest BCUT2D eigenvalue weighted by molar-refractivity contribution is 0.701. The number of rotatable bonds is 2. The molecule has 0 spiro atoms. The summed E-state index contributed by atoms with van der Waals surface area (Å²) in [6.07, 6.45) is 6.19. The highest BCUT2D eigenvalue weighted by Crippen LogP contribution is 2.11. The van der Waals surface area contributed by atoms with Crippen molar-refractivity contribution in [3.05, 3.63) is 36.7 Å². The lowest BCUT2D eigenvalue weighted by atomic mass is 10.1. The zero-order chi connectivity index (χ0) is 17.1. The van der Waals surface area contributed by atoms with Crippen LogP contribution >= 0.6 is 0 Å². The second kappa shape index (κ2) is 6.60. The molecule has 0 aliphatic carbocycles. The fourth-order valence-electron chi connectivity index (χ4n) is 2.15. The second-order valence-corrected chi connectivity index (χ2v) is 5.75. The standard InChI is InChI=1S/2C7H9N5/c1-5(2)6-8-3-9-7-10-4-11-12(6)7;1-5(2)6-3-9-11-7-8-4-10-12(6)7/h2*3-5H,1-2H3. The monoisotopic (exact) mass is 326 g/mol. The summed E-state index contributed by atoms with van der Waals surface area (Å²) in [5.74, 6) is 2.76. The van der Waals surface area contributed by atoms with Crippen molar-refractivity contribution in [1.82, 2.24) is 49.4 Å². The van der Waals surface area contributed by atoms with Crippen molar-refractivity contribution in [3.8, 4) is 0 Å². The third-order valence-electron chi connectivity index (χ3n) is 3.33. The first-order valence-corrected chi connectivity index (χ1v) is 7.60. The normalized spacial score (nSPS) is 11.2. The van der Waals surface area contributed by atoms with Gasteiger partial charge in [-0.1, -0.05) is 27.7 Å². The van der Waals surface area contributed by atoms with Crippen LogP contribution in [0.25, 0.3) is 11.6 Å². The van der Waals surface area contributed by atoms with E-state index in [2.05, 4.69) is 68.0 Å². The van der Waals surface area contributed by atoms with Gasteiger partial charge in [0, 0.05) is 5.92 Å². The summed E-state index contributed by atoms with van der Waals surface area (Å²) in [7, 11) is 0. The molecule has 0 bridgehead atoms. The van der Waals surface area contributed by atoms with E-state index in [1.165, 1.54) is 19.0 Å². The van der Waals surface area contributed by atoms with Crippen molar-refractivity contribution in [1.29, 1.82) is 0 Å². The summed E-state index contributed by atoms with van der Waals surface area (Å²) in [4.78, 5) is 16.0. The SMILES string of the molecule is CC(C)c1cnnc2ncnn12.CC(C)c1ncnc2ncnn12. The summed E-state index contributed by atoms with van der Waals surface area (Å²) >= 11 is 0. The predicted octanol–water partition coefficient (Wildman–Crippen LogP) is 1.29. The molecule has 0 atom stereocenters. The predicted molar refractivity (Wildman–Crippen MR) is 85.3 cm³/mol. The quantitative estimate of drug-likeness (QED) is 0.541. The van der Waals surface area contributed by atoms with E-state index in [4.69, 9.17) is 0 Å². The maximum atomic E-state index is 4.13. The van der Waals surface area contributed by atoms with Gasteiger partial charge in [-0.25, -0.2) is 4.98 Å². The highest BCUT2D eigenvalue weighted by molar-refractivity contribution is 5.25. The van der Waals surface area contributed by atoms with Gasteiger partial charge in [-0.05, 0) is 5.92 Å². The van der Waals surface area contributed by atoms with Gasteiger partial charge >= 0.3 is 0 Å². The molecule has 10 nitrogen and oxygen atoms in total. The Labute approximate surface area is 138 Å². The van der Waals surface area contributed by atoms with Gasteiger partial charge < -0.3 is 0 Å². The third kappa shape index (κ3) is 3.03. The molecule has 0 aromatic carbocycles. The van der Waals surface area contributed by atoms with Gasteiger partial charge in [-0.15, -0.1) is 5.10 Å². The van der Waals surface area contributed by atoms with Crippen LogP contribution < -0.4 is 0 Å². The van der Waals surface area contributed by atoms with Crippen LogP contribution in [0.2, 0.25) is 0 Å². The minimum Gasteiger partial charge on any atom is -0.221 e. The molecule has 0 amide bonds. The molecule has 10 heteroatoms. The summed E-state index contributed by atoms with van der Waals surface area (Å²) in [5.41, 5.74) is 1.03. The van der Waals surface area contributed by atoms with Gasteiger partial charge in [0.15, 0.2) is 0 Å². The summed E-state index contributed by atoms with van der Waals surface area (Å²) in [5, 5.41) is 15.7. The fourth-order valence-corrected chi connectivity index (χ4v) is 2.15. The first kappa shape index (κ1) is 15.8. The molecule has 0 fully saturated rings. The van der Waals surface area contributed by atoms with Gasteiger partial charge in [-0.2, -0.15) is 39.3 Å². The molecule has 0 saturated heterocycles. The molecule has 124 valence electrons. The smallest absolute Gasteiger partial charge is 0.221 e. The molecule has 0 unspecified atom stereocenters. The molecule has 0 N–H and O–H groups in total. The van der Waals surface area contributed by atoms with E-state index in [9.17, 15) is 0 Å². The van der Waals surface area contributed by atoms with Crippen molar-refractivity contribution in [2.75, 3.05) is 0 Å². The van der Waals surface area contributed by atoms with Crippen LogP contribution in [0.5, 0.6) is 0 Å². The van der Waals surface area contributed by atoms with E-state index >= 15 is 0 Å². The maximum Gasteiger partial charge on any atom is 0.271 e. The maximum absolute atomic E-state index is 4.13. The Bertz CT molecular complexity index is 861. The molecule has 0 aliphatic rings. The highest BCUT2D eigenvalue weighted by atomic mass is 15.4. The van der Waals surface area contributed by atoms with Crippen LogP contribution in [-0.2, 0) is 0 Å². The minimum atomic E-state index is 0.331. The first-order chi connectivity index (χ1) is 11.6. The number of nitrogens with zero attached hydrogens (tertiary/aromatic N) is 10. The van der Waals surface area contributed by atoms with Crippen LogP contribution in [0.15, 0.2) is 25.2 Å². The molecule has 4 heterocycles. The molecule has 24 heavy (non-hydrogen) atoms. The number of hydrogen-bond donors (Lipinski definition) is 0. The van der Waals surface area contributed by atoms with Crippen LogP contribution in [0.3, 0.4) is 0 Å². The minimum absolute atomic E-state index is 0.331.